The molecule has 0 fully saturated rings. The summed E-state index contributed by atoms with van der Waals surface area (Å²) in [7, 11) is 0. The molecule has 0 bridgehead atoms. The maximum atomic E-state index is 10.8. The molecule has 1 aromatic heterocycles. The Morgan fingerprint density at radius 1 is 1.04 bits per heavy atom. The van der Waals surface area contributed by atoms with Gasteiger partial charge in [0, 0.05) is 35.3 Å². The van der Waals surface area contributed by atoms with Crippen LogP contribution in [0, 0.1) is 0 Å². The molecular weight excluding hydrogens is 320 g/mol. The first-order chi connectivity index (χ1) is 11.0. The smallest absolute Gasteiger partial charge is 0.123 e. The average molecular weight is 349 g/mol. The van der Waals surface area contributed by atoms with Crippen molar-refractivity contribution in [1.29, 1.82) is 0 Å². The van der Waals surface area contributed by atoms with Crippen molar-refractivity contribution in [2.45, 2.75) is 65.3 Å². The van der Waals surface area contributed by atoms with Crippen molar-refractivity contribution in [3.8, 4) is 17.0 Å². The highest BCUT2D eigenvalue weighted by Crippen LogP contribution is 2.41. The summed E-state index contributed by atoms with van der Waals surface area (Å²) < 4.78 is 1.93. The van der Waals surface area contributed by atoms with E-state index in [2.05, 4.69) is 58.8 Å². The van der Waals surface area contributed by atoms with E-state index < -0.39 is 0 Å². The molecule has 24 heavy (non-hydrogen) atoms. The molecule has 2 rings (SSSR count). The molecule has 2 aromatic rings. The van der Waals surface area contributed by atoms with Gasteiger partial charge in [0.15, 0.2) is 0 Å². The third-order valence-corrected chi connectivity index (χ3v) is 4.45. The predicted molar refractivity (Wildman–Crippen MR) is 102 cm³/mol. The summed E-state index contributed by atoms with van der Waals surface area (Å²) in [6.45, 7) is 13.6. The molecule has 0 aliphatic rings. The maximum absolute atomic E-state index is 10.8. The molecule has 0 spiro atoms. The first-order valence-corrected chi connectivity index (χ1v) is 9.05. The van der Waals surface area contributed by atoms with Crippen molar-refractivity contribution in [3.05, 3.63) is 35.5 Å². The summed E-state index contributed by atoms with van der Waals surface area (Å²) in [6, 6.07) is 6.16. The minimum absolute atomic E-state index is 0.138. The lowest BCUT2D eigenvalue weighted by molar-refractivity contribution is 0.423. The molecule has 132 valence electrons. The number of hydrogen-bond donors (Lipinski definition) is 1. The second-order valence-electron chi connectivity index (χ2n) is 8.43. The minimum Gasteiger partial charge on any atom is -0.507 e. The van der Waals surface area contributed by atoms with E-state index in [1.165, 1.54) is 0 Å². The van der Waals surface area contributed by atoms with Gasteiger partial charge in [-0.15, -0.1) is 11.6 Å². The molecule has 0 saturated heterocycles. The number of alkyl halides is 1. The zero-order chi connectivity index (χ0) is 18.1. The Bertz CT molecular complexity index is 670. The van der Waals surface area contributed by atoms with E-state index in [0.717, 1.165) is 35.3 Å². The van der Waals surface area contributed by atoms with Crippen molar-refractivity contribution in [2.24, 2.45) is 0 Å². The Morgan fingerprint density at radius 3 is 2.04 bits per heavy atom. The Hall–Kier alpha value is -1.48. The lowest BCUT2D eigenvalue weighted by atomic mass is 9.78. The van der Waals surface area contributed by atoms with Gasteiger partial charge in [0.25, 0.3) is 0 Å². The SMILES string of the molecule is CC(C)(C)c1cc(-c2ccn(CCCCl)n2)cc(C(C)(C)C)c1O. The Kier molecular flexibility index (Phi) is 5.34. The number of phenols is 1. The molecule has 1 aromatic carbocycles. The number of benzene rings is 1. The molecule has 0 radical (unpaired) electrons. The molecule has 0 aliphatic heterocycles. The Morgan fingerprint density at radius 2 is 1.58 bits per heavy atom. The van der Waals surface area contributed by atoms with Crippen LogP contribution in [-0.2, 0) is 17.4 Å². The predicted octanol–water partition coefficient (Wildman–Crippen LogP) is 5.48. The third-order valence-electron chi connectivity index (χ3n) is 4.18. The van der Waals surface area contributed by atoms with Gasteiger partial charge in [-0.05, 0) is 35.4 Å². The number of aryl methyl sites for hydroxylation is 1. The van der Waals surface area contributed by atoms with E-state index in [0.29, 0.717) is 11.6 Å². The van der Waals surface area contributed by atoms with Crippen molar-refractivity contribution in [1.82, 2.24) is 9.78 Å². The fourth-order valence-electron chi connectivity index (χ4n) is 2.79. The standard InChI is InChI=1S/C20H29ClN2O/c1-19(2,3)15-12-14(13-16(18(15)24)20(4,5)6)17-8-11-23(22-17)10-7-9-21/h8,11-13,24H,7,9-10H2,1-6H3. The fourth-order valence-corrected chi connectivity index (χ4v) is 2.91. The van der Waals surface area contributed by atoms with E-state index in [4.69, 9.17) is 11.6 Å². The normalized spacial score (nSPS) is 12.6. The van der Waals surface area contributed by atoms with E-state index in [-0.39, 0.29) is 10.8 Å². The van der Waals surface area contributed by atoms with Crippen molar-refractivity contribution in [3.63, 3.8) is 0 Å². The van der Waals surface area contributed by atoms with Crippen molar-refractivity contribution in [2.75, 3.05) is 5.88 Å². The van der Waals surface area contributed by atoms with Gasteiger partial charge in [0.1, 0.15) is 5.75 Å². The van der Waals surface area contributed by atoms with E-state index >= 15 is 0 Å². The molecular formula is C20H29ClN2O. The fraction of sp³-hybridized carbons (Fsp3) is 0.550. The van der Waals surface area contributed by atoms with E-state index in [1.54, 1.807) is 0 Å². The van der Waals surface area contributed by atoms with Gasteiger partial charge >= 0.3 is 0 Å². The summed E-state index contributed by atoms with van der Waals surface area (Å²) in [4.78, 5) is 0. The molecule has 3 nitrogen and oxygen atoms in total. The average Bonchev–Trinajstić information content (AvgIpc) is 2.91. The molecule has 0 aliphatic carbocycles. The number of rotatable bonds is 4. The van der Waals surface area contributed by atoms with Gasteiger partial charge in [-0.2, -0.15) is 5.10 Å². The van der Waals surface area contributed by atoms with Gasteiger partial charge in [0.2, 0.25) is 0 Å². The van der Waals surface area contributed by atoms with Crippen LogP contribution < -0.4 is 0 Å². The van der Waals surface area contributed by atoms with Gasteiger partial charge in [-0.1, -0.05) is 41.5 Å². The number of halogens is 1. The summed E-state index contributed by atoms with van der Waals surface area (Å²) in [5.74, 6) is 1.04. The number of nitrogens with zero attached hydrogens (tertiary/aromatic N) is 2. The van der Waals surface area contributed by atoms with Gasteiger partial charge in [0.05, 0.1) is 5.69 Å². The Balaban J connectivity index is 2.56. The van der Waals surface area contributed by atoms with Gasteiger partial charge < -0.3 is 5.11 Å². The zero-order valence-electron chi connectivity index (χ0n) is 15.7. The van der Waals surface area contributed by atoms with Crippen LogP contribution in [0.3, 0.4) is 0 Å². The minimum atomic E-state index is -0.138. The van der Waals surface area contributed by atoms with Crippen LogP contribution in [-0.4, -0.2) is 20.8 Å². The van der Waals surface area contributed by atoms with Crippen LogP contribution in [0.5, 0.6) is 5.75 Å². The largest absolute Gasteiger partial charge is 0.507 e. The first-order valence-electron chi connectivity index (χ1n) is 8.52. The number of aromatic hydroxyl groups is 1. The van der Waals surface area contributed by atoms with Crippen LogP contribution >= 0.6 is 11.6 Å². The Labute approximate surface area is 150 Å². The van der Waals surface area contributed by atoms with Gasteiger partial charge in [-0.3, -0.25) is 4.68 Å². The summed E-state index contributed by atoms with van der Waals surface area (Å²) >= 11 is 5.77. The quantitative estimate of drug-likeness (QED) is 0.743. The summed E-state index contributed by atoms with van der Waals surface area (Å²) in [5.41, 5.74) is 3.62. The van der Waals surface area contributed by atoms with Gasteiger partial charge in [-0.25, -0.2) is 0 Å². The van der Waals surface area contributed by atoms with E-state index in [9.17, 15) is 5.11 Å². The first kappa shape index (κ1) is 18.9. The lowest BCUT2D eigenvalue weighted by Crippen LogP contribution is -2.17. The highest BCUT2D eigenvalue weighted by Gasteiger charge is 2.27. The monoisotopic (exact) mass is 348 g/mol. The lowest BCUT2D eigenvalue weighted by Gasteiger charge is -2.28. The van der Waals surface area contributed by atoms with Crippen LogP contribution in [0.2, 0.25) is 0 Å². The summed E-state index contributed by atoms with van der Waals surface area (Å²) in [6.07, 6.45) is 2.89. The van der Waals surface area contributed by atoms with Crippen molar-refractivity contribution < 1.29 is 5.11 Å². The molecule has 1 N–H and O–H groups in total. The zero-order valence-corrected chi connectivity index (χ0v) is 16.4. The highest BCUT2D eigenvalue weighted by molar-refractivity contribution is 6.17. The van der Waals surface area contributed by atoms with Crippen LogP contribution in [0.1, 0.15) is 59.1 Å². The van der Waals surface area contributed by atoms with Crippen LogP contribution in [0.4, 0.5) is 0 Å². The molecule has 0 unspecified atom stereocenters. The third kappa shape index (κ3) is 4.13. The molecule has 1 heterocycles. The number of hydrogen-bond acceptors (Lipinski definition) is 2. The number of phenolic OH excluding ortho intramolecular Hbond substituents is 1. The second kappa shape index (κ2) is 6.79. The van der Waals surface area contributed by atoms with Crippen LogP contribution in [0.15, 0.2) is 24.4 Å². The number of aromatic nitrogens is 2. The maximum Gasteiger partial charge on any atom is 0.123 e. The van der Waals surface area contributed by atoms with Crippen LogP contribution in [0.25, 0.3) is 11.3 Å². The molecule has 0 saturated carbocycles. The topological polar surface area (TPSA) is 38.0 Å². The molecule has 0 atom stereocenters. The second-order valence-corrected chi connectivity index (χ2v) is 8.80. The highest BCUT2D eigenvalue weighted by atomic mass is 35.5. The van der Waals surface area contributed by atoms with E-state index in [1.807, 2.05) is 16.9 Å². The molecule has 4 heteroatoms. The summed E-state index contributed by atoms with van der Waals surface area (Å²) in [5, 5.41) is 15.5. The van der Waals surface area contributed by atoms with Crippen molar-refractivity contribution >= 4 is 11.6 Å². The molecule has 0 amide bonds.